The third-order valence-electron chi connectivity index (χ3n) is 2.38. The minimum atomic E-state index is -1.09. The van der Waals surface area contributed by atoms with Crippen LogP contribution in [0, 0.1) is 12.7 Å². The van der Waals surface area contributed by atoms with Crippen LogP contribution in [-0.4, -0.2) is 24.7 Å². The van der Waals surface area contributed by atoms with Crippen molar-refractivity contribution >= 4 is 5.97 Å². The van der Waals surface area contributed by atoms with Gasteiger partial charge in [0, 0.05) is 12.1 Å². The van der Waals surface area contributed by atoms with Crippen LogP contribution in [0.5, 0.6) is 5.75 Å². The molecule has 0 aliphatic heterocycles. The highest BCUT2D eigenvalue weighted by Crippen LogP contribution is 2.30. The molecule has 0 fully saturated rings. The third kappa shape index (κ3) is 2.30. The van der Waals surface area contributed by atoms with Crippen molar-refractivity contribution in [3.8, 4) is 5.75 Å². The first kappa shape index (κ1) is 12.4. The van der Waals surface area contributed by atoms with Crippen LogP contribution in [0.1, 0.15) is 17.0 Å². The van der Waals surface area contributed by atoms with Gasteiger partial charge in [0.05, 0.1) is 13.0 Å². The number of hydrogen-bond acceptors (Lipinski definition) is 3. The molecule has 0 aliphatic carbocycles. The molecule has 0 spiro atoms. The molecule has 88 valence electrons. The molecule has 1 aromatic rings. The molecule has 0 aromatic heterocycles. The van der Waals surface area contributed by atoms with Crippen LogP contribution >= 0.6 is 0 Å². The van der Waals surface area contributed by atoms with Gasteiger partial charge in [-0.25, -0.2) is 4.39 Å². The fourth-order valence-corrected chi connectivity index (χ4v) is 1.65. The summed E-state index contributed by atoms with van der Waals surface area (Å²) in [7, 11) is 1.42. The van der Waals surface area contributed by atoms with E-state index >= 15 is 0 Å². The molecule has 0 heterocycles. The van der Waals surface area contributed by atoms with Crippen molar-refractivity contribution in [3.05, 3.63) is 29.1 Å². The van der Waals surface area contributed by atoms with Gasteiger partial charge >= 0.3 is 5.97 Å². The second-order valence-electron chi connectivity index (χ2n) is 3.47. The Labute approximate surface area is 92.8 Å². The summed E-state index contributed by atoms with van der Waals surface area (Å²) < 4.78 is 18.3. The lowest BCUT2D eigenvalue weighted by molar-refractivity contribution is -0.138. The lowest BCUT2D eigenvalue weighted by Gasteiger charge is -2.16. The van der Waals surface area contributed by atoms with Crippen LogP contribution in [0.4, 0.5) is 4.39 Å². The highest BCUT2D eigenvalue weighted by atomic mass is 19.1. The average molecular weight is 227 g/mol. The molecule has 0 saturated heterocycles. The van der Waals surface area contributed by atoms with Gasteiger partial charge in [-0.3, -0.25) is 4.79 Å². The minimum Gasteiger partial charge on any atom is -0.496 e. The maximum absolute atomic E-state index is 13.2. The van der Waals surface area contributed by atoms with Crippen molar-refractivity contribution in [2.24, 2.45) is 5.73 Å². The van der Waals surface area contributed by atoms with Crippen molar-refractivity contribution in [2.45, 2.75) is 12.8 Å². The van der Waals surface area contributed by atoms with Crippen LogP contribution < -0.4 is 10.5 Å². The van der Waals surface area contributed by atoms with E-state index in [1.807, 2.05) is 0 Å². The molecule has 1 rings (SSSR count). The number of ether oxygens (including phenoxy) is 1. The Balaban J connectivity index is 3.34. The van der Waals surface area contributed by atoms with E-state index in [2.05, 4.69) is 0 Å². The number of benzene rings is 1. The maximum atomic E-state index is 13.2. The average Bonchev–Trinajstić information content (AvgIpc) is 2.17. The van der Waals surface area contributed by atoms with Gasteiger partial charge < -0.3 is 15.6 Å². The standard InChI is InChI=1S/C11H14FNO3/c1-6-3-7(12)4-8(10(6)16-2)9(5-13)11(14)15/h3-4,9H,5,13H2,1-2H3,(H,14,15). The van der Waals surface area contributed by atoms with Crippen LogP contribution in [0.15, 0.2) is 12.1 Å². The largest absolute Gasteiger partial charge is 0.496 e. The van der Waals surface area contributed by atoms with Crippen molar-refractivity contribution < 1.29 is 19.0 Å². The zero-order valence-corrected chi connectivity index (χ0v) is 9.16. The van der Waals surface area contributed by atoms with Crippen molar-refractivity contribution in [2.75, 3.05) is 13.7 Å². The van der Waals surface area contributed by atoms with E-state index < -0.39 is 17.7 Å². The topological polar surface area (TPSA) is 72.5 Å². The number of carboxylic acids is 1. The summed E-state index contributed by atoms with van der Waals surface area (Å²) in [5, 5.41) is 8.97. The molecule has 1 unspecified atom stereocenters. The van der Waals surface area contributed by atoms with Crippen LogP contribution in [0.2, 0.25) is 0 Å². The van der Waals surface area contributed by atoms with E-state index in [4.69, 9.17) is 15.6 Å². The predicted molar refractivity (Wildman–Crippen MR) is 57.1 cm³/mol. The van der Waals surface area contributed by atoms with E-state index in [0.29, 0.717) is 11.3 Å². The second-order valence-corrected chi connectivity index (χ2v) is 3.47. The normalized spacial score (nSPS) is 12.2. The zero-order valence-electron chi connectivity index (χ0n) is 9.16. The first-order valence-corrected chi connectivity index (χ1v) is 4.78. The summed E-state index contributed by atoms with van der Waals surface area (Å²) in [6, 6.07) is 2.44. The van der Waals surface area contributed by atoms with Gasteiger partial charge in [-0.15, -0.1) is 0 Å². The number of aliphatic carboxylic acids is 1. The molecule has 0 aliphatic rings. The molecule has 0 radical (unpaired) electrons. The van der Waals surface area contributed by atoms with Crippen LogP contribution in [0.25, 0.3) is 0 Å². The molecule has 0 bridgehead atoms. The van der Waals surface area contributed by atoms with Gasteiger partial charge in [-0.05, 0) is 24.6 Å². The lowest BCUT2D eigenvalue weighted by atomic mass is 9.96. The second kappa shape index (κ2) is 4.94. The fourth-order valence-electron chi connectivity index (χ4n) is 1.65. The first-order valence-electron chi connectivity index (χ1n) is 4.78. The summed E-state index contributed by atoms with van der Waals surface area (Å²) in [6.45, 7) is 1.55. The van der Waals surface area contributed by atoms with Gasteiger partial charge in [-0.1, -0.05) is 0 Å². The molecule has 0 amide bonds. The number of nitrogens with two attached hydrogens (primary N) is 1. The van der Waals surface area contributed by atoms with Crippen molar-refractivity contribution in [1.82, 2.24) is 0 Å². The SMILES string of the molecule is COc1c(C)cc(F)cc1C(CN)C(=O)O. The molecule has 1 aromatic carbocycles. The Bertz CT molecular complexity index is 406. The fraction of sp³-hybridized carbons (Fsp3) is 0.364. The van der Waals surface area contributed by atoms with E-state index in [9.17, 15) is 9.18 Å². The van der Waals surface area contributed by atoms with E-state index in [1.165, 1.54) is 13.2 Å². The highest BCUT2D eigenvalue weighted by molar-refractivity contribution is 5.77. The van der Waals surface area contributed by atoms with Gasteiger partial charge in [0.25, 0.3) is 0 Å². The highest BCUT2D eigenvalue weighted by Gasteiger charge is 2.23. The monoisotopic (exact) mass is 227 g/mol. The van der Waals surface area contributed by atoms with E-state index in [-0.39, 0.29) is 12.1 Å². The number of halogens is 1. The first-order chi connectivity index (χ1) is 7.51. The Morgan fingerprint density at radius 1 is 1.62 bits per heavy atom. The molecule has 1 atom stereocenters. The molecule has 4 nitrogen and oxygen atoms in total. The molecule has 3 N–H and O–H groups in total. The molecule has 0 saturated carbocycles. The summed E-state index contributed by atoms with van der Waals surface area (Å²) in [5.41, 5.74) is 6.20. The Morgan fingerprint density at radius 3 is 2.69 bits per heavy atom. The quantitative estimate of drug-likeness (QED) is 0.812. The predicted octanol–water partition coefficient (Wildman–Crippen LogP) is 1.27. The van der Waals surface area contributed by atoms with Gasteiger partial charge in [0.2, 0.25) is 0 Å². The maximum Gasteiger partial charge on any atom is 0.312 e. The number of carboxylic acid groups (broad SMARTS) is 1. The lowest BCUT2D eigenvalue weighted by Crippen LogP contribution is -2.22. The summed E-state index contributed by atoms with van der Waals surface area (Å²) in [6.07, 6.45) is 0. The number of carbonyl (C=O) groups is 1. The molecule has 16 heavy (non-hydrogen) atoms. The Morgan fingerprint density at radius 2 is 2.25 bits per heavy atom. The van der Waals surface area contributed by atoms with Gasteiger partial charge in [-0.2, -0.15) is 0 Å². The van der Waals surface area contributed by atoms with Gasteiger partial charge in [0.15, 0.2) is 0 Å². The van der Waals surface area contributed by atoms with E-state index in [1.54, 1.807) is 6.92 Å². The Hall–Kier alpha value is -1.62. The van der Waals surface area contributed by atoms with E-state index in [0.717, 1.165) is 6.07 Å². The summed E-state index contributed by atoms with van der Waals surface area (Å²) >= 11 is 0. The number of hydrogen-bond donors (Lipinski definition) is 2. The number of rotatable bonds is 4. The van der Waals surface area contributed by atoms with Crippen molar-refractivity contribution in [1.29, 1.82) is 0 Å². The number of aryl methyl sites for hydroxylation is 1. The Kier molecular flexibility index (Phi) is 3.84. The third-order valence-corrected chi connectivity index (χ3v) is 2.38. The van der Waals surface area contributed by atoms with Gasteiger partial charge in [0.1, 0.15) is 11.6 Å². The zero-order chi connectivity index (χ0) is 12.3. The molecular weight excluding hydrogens is 213 g/mol. The van der Waals surface area contributed by atoms with Crippen LogP contribution in [0.3, 0.4) is 0 Å². The number of methoxy groups -OCH3 is 1. The molecule has 5 heteroatoms. The summed E-state index contributed by atoms with van der Waals surface area (Å²) in [4.78, 5) is 11.0. The molecular formula is C11H14FNO3. The smallest absolute Gasteiger partial charge is 0.312 e. The minimum absolute atomic E-state index is 0.103. The summed E-state index contributed by atoms with van der Waals surface area (Å²) in [5.74, 6) is -2.16. The van der Waals surface area contributed by atoms with Crippen LogP contribution in [-0.2, 0) is 4.79 Å². The van der Waals surface area contributed by atoms with Crippen molar-refractivity contribution in [3.63, 3.8) is 0 Å².